The minimum atomic E-state index is -0.134. The van der Waals surface area contributed by atoms with E-state index >= 15 is 0 Å². The van der Waals surface area contributed by atoms with Crippen molar-refractivity contribution in [1.29, 1.82) is 0 Å². The van der Waals surface area contributed by atoms with Gasteiger partial charge in [0.15, 0.2) is 5.16 Å². The van der Waals surface area contributed by atoms with E-state index in [2.05, 4.69) is 4.98 Å². The van der Waals surface area contributed by atoms with Crippen molar-refractivity contribution in [1.82, 2.24) is 19.4 Å². The van der Waals surface area contributed by atoms with Crippen molar-refractivity contribution in [2.75, 3.05) is 26.3 Å². The van der Waals surface area contributed by atoms with Crippen LogP contribution in [0.4, 0.5) is 0 Å². The highest BCUT2D eigenvalue weighted by Gasteiger charge is 2.19. The minimum absolute atomic E-state index is 0.0267. The number of carbonyl (C=O) groups excluding carboxylic acids is 1. The predicted octanol–water partition coefficient (Wildman–Crippen LogP) is 3.55. The third-order valence-electron chi connectivity index (χ3n) is 5.53. The summed E-state index contributed by atoms with van der Waals surface area (Å²) < 4.78 is 6.96. The lowest BCUT2D eigenvalue weighted by Crippen LogP contribution is -2.40. The number of aromatic nitrogens is 3. The predicted molar refractivity (Wildman–Crippen MR) is 128 cm³/mol. The molecule has 3 heterocycles. The number of amides is 1. The molecule has 1 aliphatic rings. The maximum absolute atomic E-state index is 13.4. The highest BCUT2D eigenvalue weighted by atomic mass is 32.2. The zero-order valence-corrected chi connectivity index (χ0v) is 18.7. The summed E-state index contributed by atoms with van der Waals surface area (Å²) in [4.78, 5) is 36.9. The van der Waals surface area contributed by atoms with Gasteiger partial charge in [-0.2, -0.15) is 0 Å². The van der Waals surface area contributed by atoms with Crippen LogP contribution in [0.15, 0.2) is 83.0 Å². The van der Waals surface area contributed by atoms with Crippen LogP contribution in [0.1, 0.15) is 15.9 Å². The summed E-state index contributed by atoms with van der Waals surface area (Å²) in [5.74, 6) is 0.627. The molecule has 1 fully saturated rings. The number of fused-ring (bicyclic) bond motifs is 1. The van der Waals surface area contributed by atoms with Gasteiger partial charge in [0.25, 0.3) is 11.5 Å². The molecule has 1 saturated heterocycles. The smallest absolute Gasteiger partial charge is 0.266 e. The number of benzene rings is 2. The Morgan fingerprint density at radius 3 is 2.45 bits per heavy atom. The van der Waals surface area contributed by atoms with E-state index in [1.807, 2.05) is 42.5 Å². The van der Waals surface area contributed by atoms with Gasteiger partial charge in [-0.05, 0) is 54.1 Å². The number of carbonyl (C=O) groups is 1. The fourth-order valence-corrected chi connectivity index (χ4v) is 4.73. The van der Waals surface area contributed by atoms with Crippen molar-refractivity contribution >= 4 is 28.6 Å². The average molecular weight is 459 g/mol. The molecule has 4 aromatic rings. The zero-order valence-electron chi connectivity index (χ0n) is 17.9. The SMILES string of the molecule is O=C(c1ccc(-n2c(SCc3ccncc3)nc3ccccc3c2=O)cc1)N1CCOCC1. The quantitative estimate of drug-likeness (QED) is 0.336. The second-order valence-electron chi connectivity index (χ2n) is 7.65. The fourth-order valence-electron chi connectivity index (χ4n) is 3.77. The number of nitrogens with zero attached hydrogens (tertiary/aromatic N) is 4. The summed E-state index contributed by atoms with van der Waals surface area (Å²) >= 11 is 1.49. The number of ether oxygens (including phenoxy) is 1. The van der Waals surface area contributed by atoms with E-state index in [-0.39, 0.29) is 11.5 Å². The van der Waals surface area contributed by atoms with Gasteiger partial charge < -0.3 is 9.64 Å². The van der Waals surface area contributed by atoms with Gasteiger partial charge in [0.2, 0.25) is 0 Å². The van der Waals surface area contributed by atoms with Crippen LogP contribution in [0.3, 0.4) is 0 Å². The lowest BCUT2D eigenvalue weighted by Gasteiger charge is -2.26. The minimum Gasteiger partial charge on any atom is -0.378 e. The van der Waals surface area contributed by atoms with Crippen LogP contribution in [0.2, 0.25) is 0 Å². The van der Waals surface area contributed by atoms with Crippen LogP contribution in [0, 0.1) is 0 Å². The summed E-state index contributed by atoms with van der Waals surface area (Å²) in [5.41, 5.74) is 2.89. The Hall–Kier alpha value is -3.49. The van der Waals surface area contributed by atoms with Crippen molar-refractivity contribution in [3.05, 3.63) is 94.5 Å². The van der Waals surface area contributed by atoms with E-state index < -0.39 is 0 Å². The normalized spacial score (nSPS) is 13.9. The van der Waals surface area contributed by atoms with Crippen LogP contribution in [0.5, 0.6) is 0 Å². The Morgan fingerprint density at radius 1 is 0.970 bits per heavy atom. The van der Waals surface area contributed by atoms with Gasteiger partial charge in [0.05, 0.1) is 29.8 Å². The largest absolute Gasteiger partial charge is 0.378 e. The van der Waals surface area contributed by atoms with Crippen molar-refractivity contribution in [3.63, 3.8) is 0 Å². The second-order valence-corrected chi connectivity index (χ2v) is 8.59. The molecule has 33 heavy (non-hydrogen) atoms. The highest BCUT2D eigenvalue weighted by molar-refractivity contribution is 7.98. The van der Waals surface area contributed by atoms with Crippen LogP contribution < -0.4 is 5.56 Å². The molecule has 0 N–H and O–H groups in total. The Kier molecular flexibility index (Phi) is 6.19. The van der Waals surface area contributed by atoms with Gasteiger partial charge in [-0.1, -0.05) is 23.9 Å². The van der Waals surface area contributed by atoms with E-state index in [0.29, 0.717) is 59.4 Å². The molecule has 0 spiro atoms. The third kappa shape index (κ3) is 4.53. The van der Waals surface area contributed by atoms with E-state index in [0.717, 1.165) is 5.56 Å². The number of thioether (sulfide) groups is 1. The fraction of sp³-hybridized carbons (Fsp3) is 0.200. The average Bonchev–Trinajstić information content (AvgIpc) is 2.88. The van der Waals surface area contributed by atoms with E-state index in [1.165, 1.54) is 11.8 Å². The second kappa shape index (κ2) is 9.56. The summed E-state index contributed by atoms with van der Waals surface area (Å²) in [6, 6.07) is 18.4. The molecule has 0 radical (unpaired) electrons. The summed E-state index contributed by atoms with van der Waals surface area (Å²) in [5, 5.41) is 1.15. The van der Waals surface area contributed by atoms with Crippen molar-refractivity contribution in [2.24, 2.45) is 0 Å². The molecule has 1 aliphatic heterocycles. The topological polar surface area (TPSA) is 77.3 Å². The molecule has 5 rings (SSSR count). The van der Waals surface area contributed by atoms with Gasteiger partial charge in [-0.3, -0.25) is 19.1 Å². The van der Waals surface area contributed by atoms with Gasteiger partial charge >= 0.3 is 0 Å². The lowest BCUT2D eigenvalue weighted by molar-refractivity contribution is 0.0303. The van der Waals surface area contributed by atoms with Crippen LogP contribution in [0.25, 0.3) is 16.6 Å². The molecule has 2 aromatic heterocycles. The number of morpholine rings is 1. The van der Waals surface area contributed by atoms with Gasteiger partial charge in [0, 0.05) is 36.8 Å². The van der Waals surface area contributed by atoms with E-state index in [1.54, 1.807) is 40.1 Å². The maximum atomic E-state index is 13.4. The summed E-state index contributed by atoms with van der Waals surface area (Å²) in [6.07, 6.45) is 3.50. The first kappa shape index (κ1) is 21.4. The molecular weight excluding hydrogens is 436 g/mol. The standard InChI is InChI=1S/C25H22N4O3S/c30-23(28-13-15-32-16-14-28)19-5-7-20(8-6-19)29-24(31)21-3-1-2-4-22(21)27-25(29)33-17-18-9-11-26-12-10-18/h1-12H,13-17H2. The highest BCUT2D eigenvalue weighted by Crippen LogP contribution is 2.25. The Balaban J connectivity index is 1.51. The lowest BCUT2D eigenvalue weighted by atomic mass is 10.1. The first-order chi connectivity index (χ1) is 16.2. The molecule has 0 unspecified atom stereocenters. The van der Waals surface area contributed by atoms with Crippen LogP contribution in [-0.2, 0) is 10.5 Å². The van der Waals surface area contributed by atoms with E-state index in [4.69, 9.17) is 9.72 Å². The Labute approximate surface area is 195 Å². The molecule has 0 atom stereocenters. The summed E-state index contributed by atoms with van der Waals surface area (Å²) in [7, 11) is 0. The van der Waals surface area contributed by atoms with E-state index in [9.17, 15) is 9.59 Å². The molecule has 8 heteroatoms. The first-order valence-electron chi connectivity index (χ1n) is 10.7. The third-order valence-corrected chi connectivity index (χ3v) is 6.54. The van der Waals surface area contributed by atoms with Crippen molar-refractivity contribution in [2.45, 2.75) is 10.9 Å². The molecule has 2 aromatic carbocycles. The number of hydrogen-bond acceptors (Lipinski definition) is 6. The maximum Gasteiger partial charge on any atom is 0.266 e. The van der Waals surface area contributed by atoms with Crippen LogP contribution >= 0.6 is 11.8 Å². The van der Waals surface area contributed by atoms with Crippen molar-refractivity contribution in [3.8, 4) is 5.69 Å². The van der Waals surface area contributed by atoms with Gasteiger partial charge in [-0.25, -0.2) is 4.98 Å². The number of para-hydroxylation sites is 1. The molecule has 0 saturated carbocycles. The van der Waals surface area contributed by atoms with Crippen LogP contribution in [-0.4, -0.2) is 51.6 Å². The molecular formula is C25H22N4O3S. The molecule has 166 valence electrons. The summed E-state index contributed by atoms with van der Waals surface area (Å²) in [6.45, 7) is 2.29. The Morgan fingerprint density at radius 2 is 1.70 bits per heavy atom. The molecule has 0 bridgehead atoms. The molecule has 1 amide bonds. The van der Waals surface area contributed by atoms with Gasteiger partial charge in [0.1, 0.15) is 0 Å². The first-order valence-corrected chi connectivity index (χ1v) is 11.7. The number of hydrogen-bond donors (Lipinski definition) is 0. The van der Waals surface area contributed by atoms with Gasteiger partial charge in [-0.15, -0.1) is 0 Å². The molecule has 7 nitrogen and oxygen atoms in total. The van der Waals surface area contributed by atoms with Crippen molar-refractivity contribution < 1.29 is 9.53 Å². The Bertz CT molecular complexity index is 1330. The zero-order chi connectivity index (χ0) is 22.6. The molecule has 0 aliphatic carbocycles. The monoisotopic (exact) mass is 458 g/mol. The number of rotatable bonds is 5. The number of pyridine rings is 1.